The molecule has 0 aliphatic heterocycles. The summed E-state index contributed by atoms with van der Waals surface area (Å²) in [5.74, 6) is -6.90. The van der Waals surface area contributed by atoms with E-state index in [1.54, 1.807) is 20.2 Å². The van der Waals surface area contributed by atoms with Crippen LogP contribution in [-0.4, -0.2) is 78.5 Å². The number of anilines is 1. The maximum atomic E-state index is 13.8. The molecule has 3 aliphatic carbocycles. The summed E-state index contributed by atoms with van der Waals surface area (Å²) in [5.41, 5.74) is 8.84. The molecule has 5 rings (SSSR count). The minimum absolute atomic E-state index is 0.000897. The zero-order chi connectivity index (χ0) is 27.0. The Morgan fingerprint density at radius 2 is 1.78 bits per heavy atom. The number of Topliss-reactive ketones (excluding diaryl/α,β-unsaturated/α-hetero) is 2. The van der Waals surface area contributed by atoms with Crippen LogP contribution in [-0.2, 0) is 20.8 Å². The predicted molar refractivity (Wildman–Crippen MR) is 130 cm³/mol. The Kier molecular flexibility index (Phi) is 5.35. The Balaban J connectivity index is 1.74. The molecule has 1 fully saturated rings. The standard InChI is InChI=1S/C25H25N5O7/c1-30(2)18-13-6-9-5-12-11(10-7-28-24(27)29-8-10)3-4-14(31)16(12)19(32)15(9)21(34)25(13,37)22(35)17(20(18)33)23(26)36/h3-4,7-9,13,18,31-32,35,37H,5-6H2,1-2H3,(H2,26,36)(H2,27,28,29). The Hall–Kier alpha value is -4.29. The number of aromatic nitrogens is 2. The van der Waals surface area contributed by atoms with Gasteiger partial charge >= 0.3 is 0 Å². The number of aliphatic hydroxyl groups is 3. The summed E-state index contributed by atoms with van der Waals surface area (Å²) in [4.78, 5) is 48.5. The molecule has 4 atom stereocenters. The van der Waals surface area contributed by atoms with Crippen LogP contribution in [0.5, 0.6) is 5.75 Å². The topological polar surface area (TPSA) is 213 Å². The van der Waals surface area contributed by atoms with E-state index in [1.807, 2.05) is 0 Å². The van der Waals surface area contributed by atoms with Gasteiger partial charge in [-0.05, 0) is 50.0 Å². The van der Waals surface area contributed by atoms with Crippen molar-refractivity contribution in [3.8, 4) is 16.9 Å². The van der Waals surface area contributed by atoms with E-state index >= 15 is 0 Å². The van der Waals surface area contributed by atoms with Crippen molar-refractivity contribution in [1.29, 1.82) is 0 Å². The smallest absolute Gasteiger partial charge is 0.255 e. The highest BCUT2D eigenvalue weighted by molar-refractivity contribution is 6.24. The average Bonchev–Trinajstić information content (AvgIpc) is 2.82. The first-order valence-electron chi connectivity index (χ1n) is 11.5. The maximum Gasteiger partial charge on any atom is 0.255 e. The largest absolute Gasteiger partial charge is 0.508 e. The van der Waals surface area contributed by atoms with Crippen LogP contribution in [0.4, 0.5) is 5.95 Å². The molecule has 2 aromatic rings. The van der Waals surface area contributed by atoms with E-state index < -0.39 is 58.0 Å². The third-order valence-corrected chi connectivity index (χ3v) is 7.59. The summed E-state index contributed by atoms with van der Waals surface area (Å²) in [6, 6.07) is 1.82. The second kappa shape index (κ2) is 8.11. The number of ketones is 2. The summed E-state index contributed by atoms with van der Waals surface area (Å²) < 4.78 is 0. The van der Waals surface area contributed by atoms with Gasteiger partial charge in [0, 0.05) is 29.4 Å². The van der Waals surface area contributed by atoms with Crippen molar-refractivity contribution >= 4 is 29.2 Å². The van der Waals surface area contributed by atoms with E-state index in [-0.39, 0.29) is 35.7 Å². The molecule has 1 aromatic carbocycles. The number of nitrogens with zero attached hydrogens (tertiary/aromatic N) is 3. The van der Waals surface area contributed by atoms with E-state index in [0.29, 0.717) is 16.7 Å². The third-order valence-electron chi connectivity index (χ3n) is 7.59. The predicted octanol–water partition coefficient (Wildman–Crippen LogP) is 0.00320. The van der Waals surface area contributed by atoms with Crippen LogP contribution < -0.4 is 11.5 Å². The van der Waals surface area contributed by atoms with Gasteiger partial charge in [0.05, 0.1) is 11.6 Å². The monoisotopic (exact) mass is 507 g/mol. The number of primary amides is 1. The lowest BCUT2D eigenvalue weighted by molar-refractivity contribution is -0.153. The van der Waals surface area contributed by atoms with Crippen LogP contribution >= 0.6 is 0 Å². The number of phenols is 1. The van der Waals surface area contributed by atoms with Gasteiger partial charge in [0.15, 0.2) is 11.4 Å². The lowest BCUT2D eigenvalue weighted by Crippen LogP contribution is -2.65. The number of aromatic hydroxyl groups is 1. The molecule has 1 saturated carbocycles. The Labute approximate surface area is 210 Å². The molecule has 0 radical (unpaired) electrons. The molecule has 4 unspecified atom stereocenters. The quantitative estimate of drug-likeness (QED) is 0.304. The third kappa shape index (κ3) is 3.26. The van der Waals surface area contributed by atoms with Gasteiger partial charge in [-0.3, -0.25) is 19.3 Å². The molecule has 37 heavy (non-hydrogen) atoms. The summed E-state index contributed by atoms with van der Waals surface area (Å²) in [7, 11) is 3.09. The lowest BCUT2D eigenvalue weighted by atomic mass is 9.57. The molecule has 0 bridgehead atoms. The molecule has 1 heterocycles. The number of hydrogen-bond donors (Lipinski definition) is 6. The number of benzene rings is 1. The van der Waals surface area contributed by atoms with Gasteiger partial charge in [-0.2, -0.15) is 0 Å². The van der Waals surface area contributed by atoms with E-state index in [9.17, 15) is 34.8 Å². The number of aliphatic hydroxyl groups excluding tert-OH is 2. The summed E-state index contributed by atoms with van der Waals surface area (Å²) >= 11 is 0. The summed E-state index contributed by atoms with van der Waals surface area (Å²) in [6.45, 7) is 0. The average molecular weight is 508 g/mol. The van der Waals surface area contributed by atoms with Gasteiger partial charge in [-0.1, -0.05) is 6.07 Å². The molecular weight excluding hydrogens is 482 g/mol. The molecule has 12 heteroatoms. The molecule has 8 N–H and O–H groups in total. The van der Waals surface area contributed by atoms with Crippen molar-refractivity contribution in [2.24, 2.45) is 17.6 Å². The van der Waals surface area contributed by atoms with Gasteiger partial charge in [0.2, 0.25) is 11.7 Å². The normalized spacial score (nSPS) is 27.2. The first kappa shape index (κ1) is 24.4. The molecular formula is C25H25N5O7. The maximum absolute atomic E-state index is 13.8. The number of hydrogen-bond acceptors (Lipinski definition) is 11. The molecule has 0 spiro atoms. The van der Waals surface area contributed by atoms with Crippen molar-refractivity contribution in [2.45, 2.75) is 24.5 Å². The fourth-order valence-electron chi connectivity index (χ4n) is 5.99. The van der Waals surface area contributed by atoms with Crippen molar-refractivity contribution in [2.75, 3.05) is 19.8 Å². The lowest BCUT2D eigenvalue weighted by Gasteiger charge is -2.50. The number of nitrogen functional groups attached to an aromatic ring is 1. The molecule has 1 amide bonds. The van der Waals surface area contributed by atoms with Gasteiger partial charge in [0.25, 0.3) is 5.91 Å². The highest BCUT2D eigenvalue weighted by Crippen LogP contribution is 2.53. The number of fused-ring (bicyclic) bond motifs is 3. The first-order chi connectivity index (χ1) is 17.4. The zero-order valence-electron chi connectivity index (χ0n) is 20.0. The fraction of sp³-hybridized carbons (Fsp3) is 0.320. The minimum Gasteiger partial charge on any atom is -0.508 e. The Morgan fingerprint density at radius 3 is 2.38 bits per heavy atom. The second-order valence-electron chi connectivity index (χ2n) is 9.78. The van der Waals surface area contributed by atoms with E-state index in [1.165, 1.54) is 23.4 Å². The van der Waals surface area contributed by atoms with Crippen molar-refractivity contribution in [1.82, 2.24) is 14.9 Å². The minimum atomic E-state index is -2.68. The van der Waals surface area contributed by atoms with Crippen LogP contribution in [0.15, 0.2) is 41.4 Å². The van der Waals surface area contributed by atoms with Crippen LogP contribution in [0, 0.1) is 11.8 Å². The number of phenolic OH excluding ortho intramolecular Hbond substituents is 1. The Morgan fingerprint density at radius 1 is 1.14 bits per heavy atom. The highest BCUT2D eigenvalue weighted by atomic mass is 16.3. The molecule has 12 nitrogen and oxygen atoms in total. The molecule has 0 saturated heterocycles. The molecule has 3 aliphatic rings. The van der Waals surface area contributed by atoms with Crippen LogP contribution in [0.25, 0.3) is 16.9 Å². The number of likely N-dealkylation sites (N-methyl/N-ethyl adjacent to an activating group) is 1. The highest BCUT2D eigenvalue weighted by Gasteiger charge is 2.64. The van der Waals surface area contributed by atoms with Crippen molar-refractivity contribution in [3.63, 3.8) is 0 Å². The number of carbonyl (C=O) groups excluding carboxylic acids is 3. The van der Waals surface area contributed by atoms with E-state index in [2.05, 4.69) is 9.97 Å². The summed E-state index contributed by atoms with van der Waals surface area (Å²) in [5, 5.41) is 44.4. The Bertz CT molecular complexity index is 1450. The number of amides is 1. The van der Waals surface area contributed by atoms with Crippen LogP contribution in [0.3, 0.4) is 0 Å². The van der Waals surface area contributed by atoms with Crippen LogP contribution in [0.1, 0.15) is 17.5 Å². The number of rotatable bonds is 3. The fourth-order valence-corrected chi connectivity index (χ4v) is 5.99. The van der Waals surface area contributed by atoms with Gasteiger partial charge in [0.1, 0.15) is 22.8 Å². The first-order valence-corrected chi connectivity index (χ1v) is 11.5. The second-order valence-corrected chi connectivity index (χ2v) is 9.78. The zero-order valence-corrected chi connectivity index (χ0v) is 20.0. The van der Waals surface area contributed by atoms with Crippen molar-refractivity contribution in [3.05, 3.63) is 52.6 Å². The molecule has 1 aromatic heterocycles. The number of carbonyl (C=O) groups is 3. The van der Waals surface area contributed by atoms with E-state index in [0.717, 1.165) is 0 Å². The van der Waals surface area contributed by atoms with Gasteiger partial charge in [-0.25, -0.2) is 9.97 Å². The van der Waals surface area contributed by atoms with Crippen molar-refractivity contribution < 1.29 is 34.8 Å². The SMILES string of the molecule is CN(C)C1C(=O)C(C(N)=O)=C(O)C2(O)C(=O)C3=C(O)c4c(O)ccc(-c5cnc(N)nc5)c4CC3CC12. The van der Waals surface area contributed by atoms with Gasteiger partial charge in [-0.15, -0.1) is 0 Å². The van der Waals surface area contributed by atoms with Crippen LogP contribution in [0.2, 0.25) is 0 Å². The van der Waals surface area contributed by atoms with Gasteiger partial charge < -0.3 is 31.9 Å². The summed E-state index contributed by atoms with van der Waals surface area (Å²) in [6.07, 6.45) is 3.14. The molecule has 192 valence electrons. The number of nitrogens with two attached hydrogens (primary N) is 2. The van der Waals surface area contributed by atoms with E-state index in [4.69, 9.17) is 11.5 Å².